The lowest BCUT2D eigenvalue weighted by Gasteiger charge is -2.25. The van der Waals surface area contributed by atoms with Crippen molar-refractivity contribution in [3.05, 3.63) is 35.4 Å². The zero-order valence-corrected chi connectivity index (χ0v) is 17.1. The normalized spacial score (nSPS) is 26.6. The van der Waals surface area contributed by atoms with E-state index in [0.29, 0.717) is 25.9 Å². The van der Waals surface area contributed by atoms with Gasteiger partial charge in [-0.25, -0.2) is 8.42 Å². The van der Waals surface area contributed by atoms with E-state index >= 15 is 0 Å². The third-order valence-electron chi connectivity index (χ3n) is 5.69. The quantitative estimate of drug-likeness (QED) is 0.758. The fourth-order valence-electron chi connectivity index (χ4n) is 4.22. The van der Waals surface area contributed by atoms with Crippen molar-refractivity contribution in [1.29, 1.82) is 0 Å². The number of hydrogen-bond donors (Lipinski definition) is 0. The number of rotatable bonds is 5. The first kappa shape index (κ1) is 18.7. The lowest BCUT2D eigenvalue weighted by molar-refractivity contribution is -0.130. The summed E-state index contributed by atoms with van der Waals surface area (Å²) in [6.07, 6.45) is 0.864. The highest BCUT2D eigenvalue weighted by Gasteiger charge is 2.53. The molecule has 146 valence electrons. The van der Waals surface area contributed by atoms with Gasteiger partial charge in [-0.15, -0.1) is 11.3 Å². The highest BCUT2D eigenvalue weighted by molar-refractivity contribution is 7.92. The molecular weight excluding hydrogens is 384 g/mol. The molecule has 2 aromatic rings. The van der Waals surface area contributed by atoms with E-state index < -0.39 is 15.1 Å². The Labute approximate surface area is 163 Å². The van der Waals surface area contributed by atoms with Crippen molar-refractivity contribution in [3.8, 4) is 10.6 Å². The van der Waals surface area contributed by atoms with Gasteiger partial charge in [-0.2, -0.15) is 0 Å². The van der Waals surface area contributed by atoms with Gasteiger partial charge in [-0.3, -0.25) is 4.79 Å². The highest BCUT2D eigenvalue weighted by atomic mass is 32.2. The second-order valence-corrected chi connectivity index (χ2v) is 10.8. The maximum absolute atomic E-state index is 12.7. The van der Waals surface area contributed by atoms with Gasteiger partial charge in [0.25, 0.3) is 0 Å². The van der Waals surface area contributed by atoms with E-state index in [2.05, 4.69) is 0 Å². The Hall–Kier alpha value is -1.64. The van der Waals surface area contributed by atoms with Gasteiger partial charge < -0.3 is 14.2 Å². The Morgan fingerprint density at radius 3 is 2.81 bits per heavy atom. The molecular formula is C19H24N2O4S2. The number of likely N-dealkylation sites (tertiary alicyclic amines) is 1. The third-order valence-corrected chi connectivity index (χ3v) is 8.81. The van der Waals surface area contributed by atoms with Gasteiger partial charge in [0.1, 0.15) is 11.5 Å². The Morgan fingerprint density at radius 2 is 2.11 bits per heavy atom. The summed E-state index contributed by atoms with van der Waals surface area (Å²) in [4.78, 5) is 17.4. The first-order chi connectivity index (χ1) is 12.8. The van der Waals surface area contributed by atoms with E-state index in [1.54, 1.807) is 16.2 Å². The lowest BCUT2D eigenvalue weighted by Crippen LogP contribution is -2.38. The van der Waals surface area contributed by atoms with Crippen LogP contribution in [-0.4, -0.2) is 68.4 Å². The highest BCUT2D eigenvalue weighted by Crippen LogP contribution is 2.36. The molecule has 2 aliphatic heterocycles. The minimum absolute atomic E-state index is 0.00349. The summed E-state index contributed by atoms with van der Waals surface area (Å²) >= 11 is 1.62. The number of hydrogen-bond acceptors (Lipinski definition) is 6. The third kappa shape index (κ3) is 3.58. The van der Waals surface area contributed by atoms with Gasteiger partial charge in [0, 0.05) is 37.9 Å². The van der Waals surface area contributed by atoms with E-state index in [-0.39, 0.29) is 23.6 Å². The summed E-state index contributed by atoms with van der Waals surface area (Å²) in [6, 6.07) is 7.82. The van der Waals surface area contributed by atoms with Crippen molar-refractivity contribution < 1.29 is 17.6 Å². The minimum Gasteiger partial charge on any atom is -0.460 e. The van der Waals surface area contributed by atoms with Crippen molar-refractivity contribution in [1.82, 2.24) is 9.80 Å². The number of amides is 1. The van der Waals surface area contributed by atoms with Gasteiger partial charge >= 0.3 is 0 Å². The molecule has 2 aliphatic rings. The molecule has 0 aliphatic carbocycles. The Kier molecular flexibility index (Phi) is 4.90. The van der Waals surface area contributed by atoms with Gasteiger partial charge in [0.2, 0.25) is 5.91 Å². The standard InChI is InChI=1S/C19H24N2O4S2/c1-20(2)15-12-27(23,24)18-11-21(10-14(15)18)19(22)8-6-13-5-7-16(25-13)17-4-3-9-26-17/h3-5,7,9,14-15,18H,6,8,10-12H2,1-2H3/t14-,15+,18-/m0/s1. The lowest BCUT2D eigenvalue weighted by atomic mass is 10.00. The Bertz CT molecular complexity index is 917. The second kappa shape index (κ2) is 7.07. The average molecular weight is 409 g/mol. The fourth-order valence-corrected chi connectivity index (χ4v) is 7.38. The van der Waals surface area contributed by atoms with Gasteiger partial charge in [-0.1, -0.05) is 6.07 Å². The number of fused-ring (bicyclic) bond motifs is 1. The van der Waals surface area contributed by atoms with Crippen LogP contribution in [0.3, 0.4) is 0 Å². The summed E-state index contributed by atoms with van der Waals surface area (Å²) in [5.41, 5.74) is 0. The van der Waals surface area contributed by atoms with E-state index in [1.165, 1.54) is 0 Å². The van der Waals surface area contributed by atoms with Gasteiger partial charge in [-0.05, 0) is 37.7 Å². The summed E-state index contributed by atoms with van der Waals surface area (Å²) in [5, 5.41) is 1.59. The van der Waals surface area contributed by atoms with Crippen LogP contribution in [0.25, 0.3) is 10.6 Å². The maximum atomic E-state index is 12.7. The summed E-state index contributed by atoms with van der Waals surface area (Å²) < 4.78 is 30.7. The van der Waals surface area contributed by atoms with Crippen LogP contribution in [0.1, 0.15) is 12.2 Å². The zero-order chi connectivity index (χ0) is 19.2. The van der Waals surface area contributed by atoms with Crippen molar-refractivity contribution in [3.63, 3.8) is 0 Å². The van der Waals surface area contributed by atoms with Gasteiger partial charge in [0.05, 0.1) is 15.9 Å². The number of aryl methyl sites for hydroxylation is 1. The van der Waals surface area contributed by atoms with Crippen LogP contribution in [-0.2, 0) is 21.1 Å². The smallest absolute Gasteiger partial charge is 0.223 e. The topological polar surface area (TPSA) is 70.8 Å². The van der Waals surface area contributed by atoms with E-state index in [1.807, 2.05) is 48.6 Å². The first-order valence-corrected chi connectivity index (χ1v) is 11.7. The molecule has 2 fully saturated rings. The van der Waals surface area contributed by atoms with Crippen LogP contribution in [0, 0.1) is 5.92 Å². The number of carbonyl (C=O) groups excluding carboxylic acids is 1. The molecule has 8 heteroatoms. The van der Waals surface area contributed by atoms with Crippen molar-refractivity contribution in [2.24, 2.45) is 5.92 Å². The number of furan rings is 1. The summed E-state index contributed by atoms with van der Waals surface area (Å²) in [6.45, 7) is 0.860. The summed E-state index contributed by atoms with van der Waals surface area (Å²) in [5.74, 6) is 1.83. The predicted octanol–water partition coefficient (Wildman–Crippen LogP) is 2.13. The fraction of sp³-hybridized carbons (Fsp3) is 0.526. The zero-order valence-electron chi connectivity index (χ0n) is 15.5. The first-order valence-electron chi connectivity index (χ1n) is 9.13. The molecule has 0 N–H and O–H groups in total. The van der Waals surface area contributed by atoms with Gasteiger partial charge in [0.15, 0.2) is 9.84 Å². The molecule has 0 unspecified atom stereocenters. The predicted molar refractivity (Wildman–Crippen MR) is 105 cm³/mol. The van der Waals surface area contributed by atoms with E-state index in [4.69, 9.17) is 4.42 Å². The number of thiophene rings is 1. The van der Waals surface area contributed by atoms with Crippen molar-refractivity contribution >= 4 is 27.1 Å². The molecule has 4 heterocycles. The molecule has 1 amide bonds. The van der Waals surface area contributed by atoms with E-state index in [9.17, 15) is 13.2 Å². The minimum atomic E-state index is -3.13. The van der Waals surface area contributed by atoms with Crippen LogP contribution in [0.2, 0.25) is 0 Å². The van der Waals surface area contributed by atoms with Crippen molar-refractivity contribution in [2.75, 3.05) is 32.9 Å². The molecule has 0 bridgehead atoms. The molecule has 0 saturated carbocycles. The molecule has 4 rings (SSSR count). The number of sulfone groups is 1. The average Bonchev–Trinajstić information content (AvgIpc) is 3.38. The molecule has 6 nitrogen and oxygen atoms in total. The number of carbonyl (C=O) groups is 1. The Morgan fingerprint density at radius 1 is 1.30 bits per heavy atom. The molecule has 0 spiro atoms. The molecule has 0 radical (unpaired) electrons. The molecule has 0 aromatic carbocycles. The maximum Gasteiger partial charge on any atom is 0.223 e. The monoisotopic (exact) mass is 408 g/mol. The molecule has 2 aromatic heterocycles. The molecule has 27 heavy (non-hydrogen) atoms. The van der Waals surface area contributed by atoms with Crippen molar-refractivity contribution in [2.45, 2.75) is 24.1 Å². The molecule has 3 atom stereocenters. The molecule has 2 saturated heterocycles. The van der Waals surface area contributed by atoms with Crippen LogP contribution in [0.5, 0.6) is 0 Å². The number of nitrogens with zero attached hydrogens (tertiary/aromatic N) is 2. The largest absolute Gasteiger partial charge is 0.460 e. The Balaban J connectivity index is 1.37. The van der Waals surface area contributed by atoms with Crippen LogP contribution in [0.4, 0.5) is 0 Å². The van der Waals surface area contributed by atoms with Crippen LogP contribution < -0.4 is 0 Å². The summed E-state index contributed by atoms with van der Waals surface area (Å²) in [7, 11) is 0.697. The second-order valence-electron chi connectivity index (χ2n) is 7.60. The van der Waals surface area contributed by atoms with Crippen LogP contribution in [0.15, 0.2) is 34.1 Å². The van der Waals surface area contributed by atoms with E-state index in [0.717, 1.165) is 16.4 Å². The van der Waals surface area contributed by atoms with Crippen LogP contribution >= 0.6 is 11.3 Å². The SMILES string of the molecule is CN(C)[C@@H]1CS(=O)(=O)[C@H]2CN(C(=O)CCc3ccc(-c4cccs4)o3)C[C@@H]12.